The molecular formula is C77H91N13O12S3. The zero-order chi connectivity index (χ0) is 74.4. The number of hydrogen-bond donors (Lipinski definition) is 7. The number of aliphatic hydroxyl groups is 1. The third kappa shape index (κ3) is 20.2. The number of aryl methyl sites for hydroxylation is 1. The molecule has 105 heavy (non-hydrogen) atoms. The first-order valence-corrected chi connectivity index (χ1v) is 39.0. The molecule has 0 radical (unpaired) electrons. The minimum Gasteiger partial charge on any atom is -0.472 e. The molecule has 4 aliphatic rings. The maximum absolute atomic E-state index is 14.6. The Morgan fingerprint density at radius 1 is 0.800 bits per heavy atom. The Morgan fingerprint density at radius 2 is 1.50 bits per heavy atom. The summed E-state index contributed by atoms with van der Waals surface area (Å²) in [5.41, 5.74) is 4.26. The Labute approximate surface area is 619 Å². The van der Waals surface area contributed by atoms with Gasteiger partial charge in [0.2, 0.25) is 33.6 Å². The van der Waals surface area contributed by atoms with Crippen molar-refractivity contribution in [3.8, 4) is 5.88 Å². The van der Waals surface area contributed by atoms with Crippen LogP contribution in [-0.4, -0.2) is 157 Å². The molecule has 0 bridgehead atoms. The molecule has 28 heteroatoms. The number of pyridine rings is 1. The van der Waals surface area contributed by atoms with Gasteiger partial charge in [0.1, 0.15) is 42.1 Å². The second-order valence-electron chi connectivity index (χ2n) is 28.1. The van der Waals surface area contributed by atoms with Crippen LogP contribution >= 0.6 is 22.7 Å². The molecule has 0 spiro atoms. The number of carbonyl (C=O) groups is 7. The molecule has 1 saturated heterocycles. The van der Waals surface area contributed by atoms with Gasteiger partial charge >= 0.3 is 12.1 Å². The summed E-state index contributed by atoms with van der Waals surface area (Å²) in [5, 5.41) is 31.3. The molecule has 4 aromatic carbocycles. The Kier molecular flexibility index (Phi) is 25.4. The van der Waals surface area contributed by atoms with E-state index in [4.69, 9.17) is 14.5 Å². The third-order valence-corrected chi connectivity index (χ3v) is 22.9. The number of nitrogens with one attached hydrogen (secondary N) is 6. The third-order valence-electron chi connectivity index (χ3n) is 19.1. The number of benzene rings is 4. The Morgan fingerprint density at radius 3 is 2.18 bits per heavy atom. The van der Waals surface area contributed by atoms with Crippen molar-refractivity contribution in [3.05, 3.63) is 189 Å². The van der Waals surface area contributed by atoms with E-state index in [-0.39, 0.29) is 56.0 Å². The Bertz CT molecular complexity index is 4490. The second kappa shape index (κ2) is 34.9. The van der Waals surface area contributed by atoms with E-state index in [1.165, 1.54) is 33.5 Å². The second-order valence-corrected chi connectivity index (χ2v) is 31.9. The largest absolute Gasteiger partial charge is 0.472 e. The molecule has 3 fully saturated rings. The van der Waals surface area contributed by atoms with Gasteiger partial charge in [0.15, 0.2) is 0 Å². The molecule has 2 saturated carbocycles. The lowest BCUT2D eigenvalue weighted by Crippen LogP contribution is -2.58. The van der Waals surface area contributed by atoms with Gasteiger partial charge in [0.25, 0.3) is 11.8 Å². The molecule has 7 N–H and O–H groups in total. The standard InChI is InChI=1S/C40H43N7O7S.C37H48N6O5S2/c1-24-21-42-33(22-41-24)35(48)43-32-16-6-4-2-3-5-11-25-20-40(25,39(51)46-55(52,53)27-17-18-27)45-36(49)34-19-26(23-47(34)38(32)50)54-37-30-14-8-7-12-28(30)29-13-9-10-15-31(29)44-37;1-24(2)33(42-36(46)43(5)20-29-22-49-35(40-29)25(3)4)34(45)39-28(16-26-12-8-6-9-13-26)18-32(44)31(17-27-14-10-7-11-15-27)41-37(47)48-21-30-19-38-23-50-30/h5,7-15,21-22,25-27,32,34H,2-4,6,16-20,23H2,1H3,(H,43,48)(H,45,49)(H,46,51);6-15,19,22-25,28,31-33,44H,16-18,20-21H2,1-5H3,(H,39,45)(H,41,47)(H,42,46)/b11-5-;/t25-,26-,32+,34+,40-;28-,31-,32-,33-/m10/s1. The molecule has 2 aliphatic heterocycles. The van der Waals surface area contributed by atoms with Gasteiger partial charge in [-0.1, -0.05) is 150 Å². The number of thiazole rings is 2. The minimum absolute atomic E-state index is 0.00491. The summed E-state index contributed by atoms with van der Waals surface area (Å²) in [4.78, 5) is 122. The van der Waals surface area contributed by atoms with Gasteiger partial charge in [0.05, 0.1) is 69.0 Å². The number of nitrogens with zero attached hydrogens (tertiary/aromatic N) is 7. The molecule has 554 valence electrons. The monoisotopic (exact) mass is 1490 g/mol. The molecule has 12 rings (SSSR count). The van der Waals surface area contributed by atoms with Crippen molar-refractivity contribution in [3.63, 3.8) is 0 Å². The van der Waals surface area contributed by atoms with Crippen LogP contribution in [0.15, 0.2) is 151 Å². The van der Waals surface area contributed by atoms with E-state index in [2.05, 4.69) is 65.1 Å². The van der Waals surface area contributed by atoms with E-state index in [0.29, 0.717) is 69.0 Å². The highest BCUT2D eigenvalue weighted by Gasteiger charge is 2.62. The molecule has 2 aliphatic carbocycles. The Hall–Kier alpha value is -9.77. The van der Waals surface area contributed by atoms with E-state index in [0.717, 1.165) is 61.2 Å². The average molecular weight is 1490 g/mol. The molecule has 6 heterocycles. The van der Waals surface area contributed by atoms with Crippen molar-refractivity contribution in [2.24, 2.45) is 11.8 Å². The predicted octanol–water partition coefficient (Wildman–Crippen LogP) is 9.54. The predicted molar refractivity (Wildman–Crippen MR) is 400 cm³/mol. The smallest absolute Gasteiger partial charge is 0.407 e. The van der Waals surface area contributed by atoms with Crippen molar-refractivity contribution < 1.29 is 56.6 Å². The quantitative estimate of drug-likeness (QED) is 0.0219. The zero-order valence-corrected chi connectivity index (χ0v) is 62.1. The number of urea groups is 1. The Balaban J connectivity index is 0.000000211. The van der Waals surface area contributed by atoms with Gasteiger partial charge in [-0.05, 0) is 99.3 Å². The number of hydrogen-bond acceptors (Lipinski definition) is 19. The fraction of sp³-hybridized carbons (Fsp3) is 0.429. The maximum atomic E-state index is 14.6. The molecule has 25 nitrogen and oxygen atoms in total. The van der Waals surface area contributed by atoms with Crippen LogP contribution in [-0.2, 0) is 59.9 Å². The first-order chi connectivity index (χ1) is 50.5. The number of amides is 8. The van der Waals surface area contributed by atoms with Crippen molar-refractivity contribution in [2.75, 3.05) is 13.6 Å². The van der Waals surface area contributed by atoms with Gasteiger partial charge in [0, 0.05) is 59.9 Å². The van der Waals surface area contributed by atoms with Crippen molar-refractivity contribution in [2.45, 2.75) is 184 Å². The molecule has 4 aromatic heterocycles. The van der Waals surface area contributed by atoms with Gasteiger partial charge in [-0.25, -0.2) is 33.0 Å². The first-order valence-electron chi connectivity index (χ1n) is 35.7. The number of fused-ring (bicyclic) bond motifs is 5. The van der Waals surface area contributed by atoms with Gasteiger partial charge < -0.3 is 51.0 Å². The lowest BCUT2D eigenvalue weighted by Gasteiger charge is -2.30. The van der Waals surface area contributed by atoms with Gasteiger partial charge in [-0.3, -0.25) is 38.7 Å². The molecule has 9 atom stereocenters. The van der Waals surface area contributed by atoms with Crippen LogP contribution in [0, 0.1) is 18.8 Å². The molecule has 8 amide bonds. The van der Waals surface area contributed by atoms with E-state index in [1.54, 1.807) is 37.0 Å². The molecule has 8 aromatic rings. The number of para-hydroxylation sites is 1. The zero-order valence-electron chi connectivity index (χ0n) is 59.7. The van der Waals surface area contributed by atoms with Gasteiger partial charge in [-0.2, -0.15) is 0 Å². The number of ether oxygens (including phenoxy) is 2. The minimum atomic E-state index is -3.89. The van der Waals surface area contributed by atoms with Crippen molar-refractivity contribution in [1.82, 2.24) is 66.0 Å². The topological polar surface area (TPSA) is 335 Å². The summed E-state index contributed by atoms with van der Waals surface area (Å²) >= 11 is 2.95. The highest BCUT2D eigenvalue weighted by molar-refractivity contribution is 7.91. The normalized spacial score (nSPS) is 20.4. The van der Waals surface area contributed by atoms with E-state index < -0.39 is 98.9 Å². The lowest BCUT2D eigenvalue weighted by atomic mass is 9.93. The van der Waals surface area contributed by atoms with Crippen molar-refractivity contribution in [1.29, 1.82) is 0 Å². The van der Waals surface area contributed by atoms with Crippen LogP contribution in [0.25, 0.3) is 21.7 Å². The lowest BCUT2D eigenvalue weighted by molar-refractivity contribution is -0.141. The number of carbonyl (C=O) groups excluding carboxylic acids is 7. The fourth-order valence-electron chi connectivity index (χ4n) is 13.1. The SMILES string of the molecule is CC(C)c1nc(CN(C)C(=O)N[C@H](C(=O)N[C@@H](Cc2ccccc2)C[C@H](O)[C@H](Cc2ccccc2)NC(=O)OCc2cncs2)C(C)C)cs1.Cc1cnc(C(=O)N[C@H]2CCCCC/C=C\[C@@H]3C[C@@]3(C(=O)NS(=O)(=O)C3CC3)NC(=O)[C@@H]3C[C@@H](Oc4nc5ccccc5c5ccccc45)CN3C2=O)cn1. The summed E-state index contributed by atoms with van der Waals surface area (Å²) in [5.74, 6) is -2.80. The summed E-state index contributed by atoms with van der Waals surface area (Å²) in [6.45, 7) is 10.0. The summed E-state index contributed by atoms with van der Waals surface area (Å²) in [7, 11) is -2.22. The number of aliphatic hydroxyl groups excluding tert-OH is 1. The van der Waals surface area contributed by atoms with Gasteiger partial charge in [-0.15, -0.1) is 22.7 Å². The number of rotatable bonds is 24. The number of sulfonamides is 1. The van der Waals surface area contributed by atoms with Crippen LogP contribution in [0.1, 0.15) is 141 Å². The highest BCUT2D eigenvalue weighted by atomic mass is 32.2. The van der Waals surface area contributed by atoms with Crippen LogP contribution in [0.2, 0.25) is 0 Å². The molecular weight excluding hydrogens is 1400 g/mol. The van der Waals surface area contributed by atoms with Crippen LogP contribution < -0.4 is 36.0 Å². The highest BCUT2D eigenvalue weighted by Crippen LogP contribution is 2.46. The number of allylic oxidation sites excluding steroid dienone is 1. The summed E-state index contributed by atoms with van der Waals surface area (Å²) < 4.78 is 40.0. The molecule has 0 unspecified atom stereocenters. The van der Waals surface area contributed by atoms with Crippen molar-refractivity contribution >= 4 is 96.0 Å². The first kappa shape index (κ1) is 76.4. The van der Waals surface area contributed by atoms with Crippen LogP contribution in [0.3, 0.4) is 0 Å². The van der Waals surface area contributed by atoms with Crippen LogP contribution in [0.5, 0.6) is 5.88 Å². The number of alkyl carbamates (subject to hydrolysis) is 1. The maximum Gasteiger partial charge on any atom is 0.407 e. The average Bonchev–Trinajstić information content (AvgIpc) is 1.57. The summed E-state index contributed by atoms with van der Waals surface area (Å²) in [6, 6.07) is 30.1. The summed E-state index contributed by atoms with van der Waals surface area (Å²) in [6.07, 6.45) is 11.2. The van der Waals surface area contributed by atoms with E-state index in [9.17, 15) is 47.1 Å². The van der Waals surface area contributed by atoms with E-state index >= 15 is 0 Å². The number of aromatic nitrogens is 5. The van der Waals surface area contributed by atoms with Crippen LogP contribution in [0.4, 0.5) is 9.59 Å². The van der Waals surface area contributed by atoms with E-state index in [1.807, 2.05) is 141 Å². The fourth-order valence-corrected chi connectivity index (χ4v) is 15.8.